The maximum absolute atomic E-state index is 13.9. The number of hydrogen-bond donors (Lipinski definition) is 0. The zero-order valence-corrected chi connectivity index (χ0v) is 15.9. The Morgan fingerprint density at radius 2 is 1.37 bits per heavy atom. The summed E-state index contributed by atoms with van der Waals surface area (Å²) in [5.74, 6) is -11.8. The minimum absolute atomic E-state index is 0.0892. The highest BCUT2D eigenvalue weighted by molar-refractivity contribution is 5.77. The Labute approximate surface area is 168 Å². The molecule has 0 amide bonds. The van der Waals surface area contributed by atoms with Crippen molar-refractivity contribution >= 4 is 6.29 Å². The van der Waals surface area contributed by atoms with Gasteiger partial charge in [0.05, 0.1) is 0 Å². The standard InChI is InChI=1S/C22H15F5O3/c1-11-4-3-5-12(2)21(11)29-10-14-8-15(7-6-13(14)9-28)30-22-19(26)17(24)16(23)18(25)20(22)27/h3-9H,10H2,1-2H3. The molecule has 0 saturated heterocycles. The lowest BCUT2D eigenvalue weighted by Gasteiger charge is -2.15. The molecule has 0 radical (unpaired) electrons. The van der Waals surface area contributed by atoms with E-state index in [4.69, 9.17) is 9.47 Å². The van der Waals surface area contributed by atoms with Crippen LogP contribution in [0.2, 0.25) is 0 Å². The summed E-state index contributed by atoms with van der Waals surface area (Å²) in [6, 6.07) is 9.22. The molecule has 0 N–H and O–H groups in total. The molecule has 30 heavy (non-hydrogen) atoms. The summed E-state index contributed by atoms with van der Waals surface area (Å²) in [5.41, 5.74) is 2.23. The lowest BCUT2D eigenvalue weighted by molar-refractivity contribution is 0.112. The van der Waals surface area contributed by atoms with Crippen molar-refractivity contribution in [1.29, 1.82) is 0 Å². The Bertz CT molecular complexity index is 1080. The van der Waals surface area contributed by atoms with Crippen LogP contribution in [0.3, 0.4) is 0 Å². The first kappa shape index (κ1) is 21.3. The number of aldehydes is 1. The Kier molecular flexibility index (Phi) is 6.05. The first-order valence-corrected chi connectivity index (χ1v) is 8.71. The van der Waals surface area contributed by atoms with Crippen molar-refractivity contribution in [2.75, 3.05) is 0 Å². The van der Waals surface area contributed by atoms with Crippen LogP contribution in [0.1, 0.15) is 27.0 Å². The molecule has 0 bridgehead atoms. The molecule has 0 saturated carbocycles. The van der Waals surface area contributed by atoms with E-state index in [0.29, 0.717) is 17.6 Å². The van der Waals surface area contributed by atoms with Crippen LogP contribution in [0.25, 0.3) is 0 Å². The van der Waals surface area contributed by atoms with Gasteiger partial charge in [-0.3, -0.25) is 4.79 Å². The molecule has 0 spiro atoms. The van der Waals surface area contributed by atoms with Crippen molar-refractivity contribution in [1.82, 2.24) is 0 Å². The van der Waals surface area contributed by atoms with E-state index in [2.05, 4.69) is 0 Å². The average Bonchev–Trinajstić information content (AvgIpc) is 2.73. The average molecular weight is 422 g/mol. The maximum atomic E-state index is 13.9. The summed E-state index contributed by atoms with van der Waals surface area (Å²) < 4.78 is 78.4. The van der Waals surface area contributed by atoms with Crippen LogP contribution in [-0.4, -0.2) is 6.29 Å². The largest absolute Gasteiger partial charge is 0.488 e. The second-order valence-electron chi connectivity index (χ2n) is 6.49. The predicted octanol–water partition coefficient (Wildman–Crippen LogP) is 6.18. The Morgan fingerprint density at radius 3 is 1.93 bits per heavy atom. The molecule has 156 valence electrons. The number of carbonyl (C=O) groups excluding carboxylic acids is 1. The van der Waals surface area contributed by atoms with Gasteiger partial charge in [0.1, 0.15) is 24.4 Å². The SMILES string of the molecule is Cc1cccc(C)c1OCc1cc(Oc2c(F)c(F)c(F)c(F)c2F)ccc1C=O. The number of hydrogen-bond acceptors (Lipinski definition) is 3. The topological polar surface area (TPSA) is 35.5 Å². The molecule has 0 fully saturated rings. The summed E-state index contributed by atoms with van der Waals surface area (Å²) in [4.78, 5) is 11.3. The number of rotatable bonds is 6. The maximum Gasteiger partial charge on any atom is 0.207 e. The van der Waals surface area contributed by atoms with Gasteiger partial charge < -0.3 is 9.47 Å². The van der Waals surface area contributed by atoms with Gasteiger partial charge in [-0.15, -0.1) is 0 Å². The van der Waals surface area contributed by atoms with Gasteiger partial charge in [0.25, 0.3) is 0 Å². The van der Waals surface area contributed by atoms with Crippen LogP contribution in [0.4, 0.5) is 22.0 Å². The molecule has 0 heterocycles. The van der Waals surface area contributed by atoms with Crippen LogP contribution >= 0.6 is 0 Å². The number of ether oxygens (including phenoxy) is 2. The fourth-order valence-corrected chi connectivity index (χ4v) is 2.85. The number of para-hydroxylation sites is 1. The van der Waals surface area contributed by atoms with Gasteiger partial charge in [0.2, 0.25) is 34.8 Å². The lowest BCUT2D eigenvalue weighted by atomic mass is 10.1. The molecule has 3 rings (SSSR count). The Balaban J connectivity index is 1.93. The third-order valence-electron chi connectivity index (χ3n) is 4.41. The number of benzene rings is 3. The fourth-order valence-electron chi connectivity index (χ4n) is 2.85. The Morgan fingerprint density at radius 1 is 0.800 bits per heavy atom. The third-order valence-corrected chi connectivity index (χ3v) is 4.41. The van der Waals surface area contributed by atoms with E-state index >= 15 is 0 Å². The van der Waals surface area contributed by atoms with Crippen molar-refractivity contribution < 1.29 is 36.2 Å². The van der Waals surface area contributed by atoms with E-state index in [-0.39, 0.29) is 17.9 Å². The normalized spacial score (nSPS) is 10.8. The highest BCUT2D eigenvalue weighted by Gasteiger charge is 2.27. The third kappa shape index (κ3) is 3.98. The smallest absolute Gasteiger partial charge is 0.207 e. The van der Waals surface area contributed by atoms with E-state index < -0.39 is 34.8 Å². The molecule has 0 aliphatic carbocycles. The van der Waals surface area contributed by atoms with E-state index in [1.807, 2.05) is 32.0 Å². The number of halogens is 5. The minimum atomic E-state index is -2.28. The summed E-state index contributed by atoms with van der Waals surface area (Å²) in [7, 11) is 0. The van der Waals surface area contributed by atoms with Gasteiger partial charge in [-0.25, -0.2) is 13.2 Å². The van der Waals surface area contributed by atoms with Gasteiger partial charge in [-0.2, -0.15) is 8.78 Å². The van der Waals surface area contributed by atoms with Crippen LogP contribution < -0.4 is 9.47 Å². The van der Waals surface area contributed by atoms with Gasteiger partial charge in [0.15, 0.2) is 0 Å². The molecule has 3 aromatic rings. The van der Waals surface area contributed by atoms with Crippen molar-refractivity contribution in [3.63, 3.8) is 0 Å². The monoisotopic (exact) mass is 422 g/mol. The summed E-state index contributed by atoms with van der Waals surface area (Å²) in [5, 5.41) is 0. The Hall–Kier alpha value is -3.42. The quantitative estimate of drug-likeness (QED) is 0.206. The van der Waals surface area contributed by atoms with Crippen molar-refractivity contribution in [3.05, 3.63) is 87.7 Å². The van der Waals surface area contributed by atoms with Crippen LogP contribution in [0.15, 0.2) is 36.4 Å². The number of aryl methyl sites for hydroxylation is 2. The molecule has 0 atom stereocenters. The van der Waals surface area contributed by atoms with E-state index in [1.54, 1.807) is 0 Å². The fraction of sp³-hybridized carbons (Fsp3) is 0.136. The zero-order valence-electron chi connectivity index (χ0n) is 15.9. The first-order chi connectivity index (χ1) is 14.2. The van der Waals surface area contributed by atoms with Gasteiger partial charge >= 0.3 is 0 Å². The molecular formula is C22H15F5O3. The second kappa shape index (κ2) is 8.52. The summed E-state index contributed by atoms with van der Waals surface area (Å²) in [6.07, 6.45) is 0.547. The highest BCUT2D eigenvalue weighted by atomic mass is 19.2. The number of carbonyl (C=O) groups is 1. The van der Waals surface area contributed by atoms with Crippen molar-refractivity contribution in [3.8, 4) is 17.2 Å². The van der Waals surface area contributed by atoms with Gasteiger partial charge in [-0.05, 0) is 43.2 Å². The molecule has 0 aliphatic heterocycles. The summed E-state index contributed by atoms with van der Waals surface area (Å²) in [6.45, 7) is 3.59. The van der Waals surface area contributed by atoms with Crippen molar-refractivity contribution in [2.45, 2.75) is 20.5 Å². The van der Waals surface area contributed by atoms with Gasteiger partial charge in [-0.1, -0.05) is 18.2 Å². The molecule has 3 nitrogen and oxygen atoms in total. The van der Waals surface area contributed by atoms with Gasteiger partial charge in [0, 0.05) is 11.1 Å². The van der Waals surface area contributed by atoms with E-state index in [1.165, 1.54) is 18.2 Å². The first-order valence-electron chi connectivity index (χ1n) is 8.71. The zero-order chi connectivity index (χ0) is 22.0. The molecule has 8 heteroatoms. The predicted molar refractivity (Wildman–Crippen MR) is 98.4 cm³/mol. The molecule has 0 aliphatic rings. The molecule has 0 aromatic heterocycles. The van der Waals surface area contributed by atoms with E-state index in [0.717, 1.165) is 11.1 Å². The lowest BCUT2D eigenvalue weighted by Crippen LogP contribution is -2.05. The van der Waals surface area contributed by atoms with Crippen LogP contribution in [-0.2, 0) is 6.61 Å². The minimum Gasteiger partial charge on any atom is -0.488 e. The van der Waals surface area contributed by atoms with Crippen LogP contribution in [0.5, 0.6) is 17.2 Å². The molecule has 3 aromatic carbocycles. The second-order valence-corrected chi connectivity index (χ2v) is 6.49. The van der Waals surface area contributed by atoms with E-state index in [9.17, 15) is 26.7 Å². The molecule has 0 unspecified atom stereocenters. The highest BCUT2D eigenvalue weighted by Crippen LogP contribution is 2.33. The summed E-state index contributed by atoms with van der Waals surface area (Å²) >= 11 is 0. The molecular weight excluding hydrogens is 407 g/mol. The van der Waals surface area contributed by atoms with Crippen LogP contribution in [0, 0.1) is 42.9 Å². The van der Waals surface area contributed by atoms with Crippen molar-refractivity contribution in [2.24, 2.45) is 0 Å².